The van der Waals surface area contributed by atoms with Gasteiger partial charge < -0.3 is 5.32 Å². The fourth-order valence-corrected chi connectivity index (χ4v) is 4.05. The molecule has 0 amide bonds. The van der Waals surface area contributed by atoms with Crippen molar-refractivity contribution in [3.05, 3.63) is 54.9 Å². The molecule has 1 aromatic carbocycles. The van der Waals surface area contributed by atoms with Crippen LogP contribution in [0.3, 0.4) is 0 Å². The molecule has 2 aromatic rings. The Bertz CT molecular complexity index is 570. The number of thiophene rings is 1. The van der Waals surface area contributed by atoms with Crippen molar-refractivity contribution in [1.29, 1.82) is 0 Å². The summed E-state index contributed by atoms with van der Waals surface area (Å²) in [5.74, 6) is -0.253. The summed E-state index contributed by atoms with van der Waals surface area (Å²) in [4.78, 5) is 2.23. The summed E-state index contributed by atoms with van der Waals surface area (Å²) in [7, 11) is 1.81. The molecule has 0 aliphatic rings. The first-order valence-corrected chi connectivity index (χ1v) is 7.39. The minimum atomic E-state index is -0.253. The van der Waals surface area contributed by atoms with E-state index in [1.165, 1.54) is 10.9 Å². The lowest BCUT2D eigenvalue weighted by Crippen LogP contribution is -2.18. The highest BCUT2D eigenvalue weighted by Crippen LogP contribution is 2.36. The van der Waals surface area contributed by atoms with Crippen LogP contribution in [0, 0.1) is 12.7 Å². The number of benzene rings is 1. The third-order valence-corrected chi connectivity index (χ3v) is 4.93. The van der Waals surface area contributed by atoms with E-state index in [0.717, 1.165) is 9.35 Å². The van der Waals surface area contributed by atoms with Crippen LogP contribution in [0.1, 0.15) is 21.4 Å². The van der Waals surface area contributed by atoms with Gasteiger partial charge in [0.25, 0.3) is 0 Å². The Kier molecular flexibility index (Phi) is 4.43. The molecular weight excluding hydrogens is 337 g/mol. The minimum absolute atomic E-state index is 0.197. The summed E-state index contributed by atoms with van der Waals surface area (Å²) in [6, 6.07) is 6.46. The van der Waals surface area contributed by atoms with E-state index in [1.807, 2.05) is 20.0 Å². The molecule has 5 heteroatoms. The van der Waals surface area contributed by atoms with Gasteiger partial charge >= 0.3 is 0 Å². The first kappa shape index (κ1) is 14.0. The van der Waals surface area contributed by atoms with Crippen LogP contribution in [0.5, 0.6) is 0 Å². The summed E-state index contributed by atoms with van der Waals surface area (Å²) in [6.07, 6.45) is 0. The number of hydrogen-bond acceptors (Lipinski definition) is 2. The van der Waals surface area contributed by atoms with E-state index in [1.54, 1.807) is 23.5 Å². The highest BCUT2D eigenvalue weighted by molar-refractivity contribution is 9.10. The Morgan fingerprint density at radius 1 is 1.39 bits per heavy atom. The zero-order valence-electron chi connectivity index (χ0n) is 9.93. The maximum atomic E-state index is 13.9. The summed E-state index contributed by atoms with van der Waals surface area (Å²) >= 11 is 11.1. The van der Waals surface area contributed by atoms with Gasteiger partial charge in [0.15, 0.2) is 0 Å². The van der Waals surface area contributed by atoms with E-state index < -0.39 is 0 Å². The topological polar surface area (TPSA) is 12.0 Å². The van der Waals surface area contributed by atoms with Crippen LogP contribution < -0.4 is 5.32 Å². The lowest BCUT2D eigenvalue weighted by Gasteiger charge is -2.17. The third kappa shape index (κ3) is 2.77. The standard InChI is InChI=1S/C13H12BrClFNS/c1-7-5-10(14)13(18-7)12(17-2)9-6-8(15)3-4-11(9)16/h3-6,12,17H,1-2H3. The average molecular weight is 349 g/mol. The number of hydrogen-bond donors (Lipinski definition) is 1. The quantitative estimate of drug-likeness (QED) is 0.830. The van der Waals surface area contributed by atoms with Crippen LogP contribution in [0.25, 0.3) is 0 Å². The number of halogens is 3. The number of nitrogens with one attached hydrogen (secondary N) is 1. The van der Waals surface area contributed by atoms with E-state index >= 15 is 0 Å². The second kappa shape index (κ2) is 5.70. The van der Waals surface area contributed by atoms with Gasteiger partial charge in [0.05, 0.1) is 6.04 Å². The molecule has 1 N–H and O–H groups in total. The van der Waals surface area contributed by atoms with E-state index in [0.29, 0.717) is 10.6 Å². The van der Waals surface area contributed by atoms with E-state index in [4.69, 9.17) is 11.6 Å². The van der Waals surface area contributed by atoms with Gasteiger partial charge in [0, 0.05) is 24.8 Å². The molecule has 0 aliphatic carbocycles. The normalized spacial score (nSPS) is 12.7. The maximum Gasteiger partial charge on any atom is 0.128 e. The predicted octanol–water partition coefficient (Wildman–Crippen LogP) is 4.92. The van der Waals surface area contributed by atoms with E-state index in [-0.39, 0.29) is 11.9 Å². The molecule has 0 radical (unpaired) electrons. The lowest BCUT2D eigenvalue weighted by molar-refractivity contribution is 0.579. The van der Waals surface area contributed by atoms with E-state index in [9.17, 15) is 4.39 Å². The SMILES string of the molecule is CNC(c1cc(Cl)ccc1F)c1sc(C)cc1Br. The van der Waals surface area contributed by atoms with Crippen molar-refractivity contribution in [2.75, 3.05) is 7.05 Å². The molecule has 1 nitrogen and oxygen atoms in total. The van der Waals surface area contributed by atoms with Crippen molar-refractivity contribution in [3.8, 4) is 0 Å². The molecule has 0 bridgehead atoms. The predicted molar refractivity (Wildman–Crippen MR) is 79.1 cm³/mol. The molecule has 0 fully saturated rings. The van der Waals surface area contributed by atoms with Gasteiger partial charge in [-0.2, -0.15) is 0 Å². The van der Waals surface area contributed by atoms with Gasteiger partial charge in [-0.05, 0) is 54.2 Å². The van der Waals surface area contributed by atoms with Crippen molar-refractivity contribution < 1.29 is 4.39 Å². The summed E-state index contributed by atoms with van der Waals surface area (Å²) in [5.41, 5.74) is 0.563. The van der Waals surface area contributed by atoms with Crippen molar-refractivity contribution in [2.24, 2.45) is 0 Å². The highest BCUT2D eigenvalue weighted by Gasteiger charge is 2.20. The van der Waals surface area contributed by atoms with Crippen molar-refractivity contribution in [1.82, 2.24) is 5.32 Å². The van der Waals surface area contributed by atoms with Gasteiger partial charge in [-0.1, -0.05) is 11.6 Å². The van der Waals surface area contributed by atoms with Crippen molar-refractivity contribution >= 4 is 38.9 Å². The van der Waals surface area contributed by atoms with Crippen molar-refractivity contribution in [3.63, 3.8) is 0 Å². The number of rotatable bonds is 3. The Balaban J connectivity index is 2.51. The van der Waals surface area contributed by atoms with Crippen molar-refractivity contribution in [2.45, 2.75) is 13.0 Å². The fourth-order valence-electron chi connectivity index (χ4n) is 1.86. The molecule has 0 saturated heterocycles. The molecule has 1 heterocycles. The van der Waals surface area contributed by atoms with Gasteiger partial charge in [0.2, 0.25) is 0 Å². The molecule has 2 rings (SSSR count). The first-order valence-electron chi connectivity index (χ1n) is 5.41. The smallest absolute Gasteiger partial charge is 0.128 e. The van der Waals surface area contributed by atoms with E-state index in [2.05, 4.69) is 21.2 Å². The molecular formula is C13H12BrClFNS. The van der Waals surface area contributed by atoms with Crippen LogP contribution in [-0.4, -0.2) is 7.05 Å². The van der Waals surface area contributed by atoms with Gasteiger partial charge in [-0.25, -0.2) is 4.39 Å². The Hall–Kier alpha value is -0.420. The molecule has 0 spiro atoms. The molecule has 1 unspecified atom stereocenters. The largest absolute Gasteiger partial charge is 0.309 e. The molecule has 96 valence electrons. The van der Waals surface area contributed by atoms with Crippen LogP contribution in [0.2, 0.25) is 5.02 Å². The van der Waals surface area contributed by atoms with Crippen LogP contribution >= 0.6 is 38.9 Å². The molecule has 18 heavy (non-hydrogen) atoms. The maximum absolute atomic E-state index is 13.9. The van der Waals surface area contributed by atoms with Crippen LogP contribution in [-0.2, 0) is 0 Å². The number of aryl methyl sites for hydroxylation is 1. The average Bonchev–Trinajstić information content (AvgIpc) is 2.64. The monoisotopic (exact) mass is 347 g/mol. The second-order valence-corrected chi connectivity index (χ2v) is 6.54. The third-order valence-electron chi connectivity index (χ3n) is 2.66. The Labute approximate surface area is 123 Å². The fraction of sp³-hybridized carbons (Fsp3) is 0.231. The molecule has 1 aromatic heterocycles. The zero-order chi connectivity index (χ0) is 13.3. The van der Waals surface area contributed by atoms with Crippen LogP contribution in [0.4, 0.5) is 4.39 Å². The highest BCUT2D eigenvalue weighted by atomic mass is 79.9. The summed E-state index contributed by atoms with van der Waals surface area (Å²) < 4.78 is 14.9. The molecule has 1 atom stereocenters. The van der Waals surface area contributed by atoms with Crippen LogP contribution in [0.15, 0.2) is 28.7 Å². The first-order chi connectivity index (χ1) is 8.52. The Morgan fingerprint density at radius 3 is 2.67 bits per heavy atom. The molecule has 0 aliphatic heterocycles. The van der Waals surface area contributed by atoms with Gasteiger partial charge in [0.1, 0.15) is 5.82 Å². The zero-order valence-corrected chi connectivity index (χ0v) is 13.1. The lowest BCUT2D eigenvalue weighted by atomic mass is 10.0. The second-order valence-electron chi connectivity index (χ2n) is 3.96. The van der Waals surface area contributed by atoms with Gasteiger partial charge in [-0.15, -0.1) is 11.3 Å². The molecule has 0 saturated carbocycles. The summed E-state index contributed by atoms with van der Waals surface area (Å²) in [6.45, 7) is 2.03. The minimum Gasteiger partial charge on any atom is -0.309 e. The Morgan fingerprint density at radius 2 is 2.11 bits per heavy atom. The summed E-state index contributed by atoms with van der Waals surface area (Å²) in [5, 5.41) is 3.68. The van der Waals surface area contributed by atoms with Gasteiger partial charge in [-0.3, -0.25) is 0 Å².